The fourth-order valence-electron chi connectivity index (χ4n) is 2.33. The van der Waals surface area contributed by atoms with Gasteiger partial charge in [0, 0.05) is 35.7 Å². The van der Waals surface area contributed by atoms with E-state index in [1.807, 2.05) is 0 Å². The Hall–Kier alpha value is -1.32. The molecule has 1 aromatic heterocycles. The molecule has 0 aliphatic rings. The highest BCUT2D eigenvalue weighted by Gasteiger charge is 2.23. The van der Waals surface area contributed by atoms with E-state index < -0.39 is 0 Å². The molecule has 3 heteroatoms. The molecule has 18 heavy (non-hydrogen) atoms. The Bertz CT molecular complexity index is 502. The van der Waals surface area contributed by atoms with Crippen molar-refractivity contribution in [1.29, 1.82) is 0 Å². The third-order valence-electron chi connectivity index (χ3n) is 3.40. The van der Waals surface area contributed by atoms with Crippen molar-refractivity contribution in [2.45, 2.75) is 25.7 Å². The summed E-state index contributed by atoms with van der Waals surface area (Å²) in [5, 5.41) is 13.5. The molecule has 0 fully saturated rings. The molecule has 0 saturated carbocycles. The maximum absolute atomic E-state index is 8.78. The molecule has 0 amide bonds. The summed E-state index contributed by atoms with van der Waals surface area (Å²) in [7, 11) is 0. The Morgan fingerprint density at radius 2 is 2.06 bits per heavy atom. The summed E-state index contributed by atoms with van der Waals surface area (Å²) in [4.78, 5) is 3.33. The predicted octanol–water partition coefficient (Wildman–Crippen LogP) is 2.42. The monoisotopic (exact) mass is 246 g/mol. The molecule has 3 nitrogen and oxygen atoms in total. The summed E-state index contributed by atoms with van der Waals surface area (Å²) in [6.45, 7) is 6.51. The summed E-state index contributed by atoms with van der Waals surface area (Å²) in [5.74, 6) is 0. The number of fused-ring (bicyclic) bond motifs is 1. The number of nitrogens with one attached hydrogen (secondary N) is 2. The largest absolute Gasteiger partial charge is 0.396 e. The summed E-state index contributed by atoms with van der Waals surface area (Å²) < 4.78 is 0. The van der Waals surface area contributed by atoms with Gasteiger partial charge < -0.3 is 15.4 Å². The van der Waals surface area contributed by atoms with Gasteiger partial charge in [-0.15, -0.1) is 0 Å². The van der Waals surface area contributed by atoms with Gasteiger partial charge in [-0.25, -0.2) is 0 Å². The number of hydrogen-bond acceptors (Lipinski definition) is 2. The van der Waals surface area contributed by atoms with Gasteiger partial charge in [0.2, 0.25) is 0 Å². The highest BCUT2D eigenvalue weighted by atomic mass is 16.3. The van der Waals surface area contributed by atoms with E-state index in [1.54, 1.807) is 0 Å². The van der Waals surface area contributed by atoms with Crippen LogP contribution in [0.1, 0.15) is 25.8 Å². The molecule has 2 aromatic rings. The number of aliphatic hydroxyl groups is 1. The van der Waals surface area contributed by atoms with Crippen LogP contribution in [0.2, 0.25) is 0 Å². The predicted molar refractivity (Wildman–Crippen MR) is 75.9 cm³/mol. The number of aliphatic hydroxyl groups excluding tert-OH is 1. The zero-order valence-corrected chi connectivity index (χ0v) is 11.2. The lowest BCUT2D eigenvalue weighted by atomic mass is 9.84. The third-order valence-corrected chi connectivity index (χ3v) is 3.40. The van der Waals surface area contributed by atoms with Gasteiger partial charge in [-0.05, 0) is 24.6 Å². The second-order valence-corrected chi connectivity index (χ2v) is 5.39. The van der Waals surface area contributed by atoms with E-state index in [4.69, 9.17) is 5.11 Å². The van der Waals surface area contributed by atoms with Crippen LogP contribution in [0.5, 0.6) is 0 Å². The summed E-state index contributed by atoms with van der Waals surface area (Å²) in [6.07, 6.45) is 2.92. The average molecular weight is 246 g/mol. The Morgan fingerprint density at radius 1 is 1.28 bits per heavy atom. The molecule has 0 spiro atoms. The highest BCUT2D eigenvalue weighted by Crippen LogP contribution is 2.29. The van der Waals surface area contributed by atoms with Crippen molar-refractivity contribution in [1.82, 2.24) is 10.3 Å². The molecular weight excluding hydrogens is 224 g/mol. The molecule has 98 valence electrons. The van der Waals surface area contributed by atoms with Crippen LogP contribution in [-0.4, -0.2) is 29.8 Å². The van der Waals surface area contributed by atoms with Gasteiger partial charge in [0.15, 0.2) is 0 Å². The van der Waals surface area contributed by atoms with Gasteiger partial charge in [-0.3, -0.25) is 0 Å². The van der Waals surface area contributed by atoms with E-state index in [9.17, 15) is 0 Å². The van der Waals surface area contributed by atoms with Crippen molar-refractivity contribution in [3.8, 4) is 0 Å². The quantitative estimate of drug-likeness (QED) is 0.686. The Labute approximate surface area is 108 Å². The van der Waals surface area contributed by atoms with Crippen molar-refractivity contribution in [3.05, 3.63) is 36.0 Å². The van der Waals surface area contributed by atoms with Crippen LogP contribution in [-0.2, 0) is 5.41 Å². The minimum absolute atomic E-state index is 0.0784. The topological polar surface area (TPSA) is 48.0 Å². The van der Waals surface area contributed by atoms with Crippen molar-refractivity contribution in [2.24, 2.45) is 0 Å². The lowest BCUT2D eigenvalue weighted by Gasteiger charge is -2.25. The second kappa shape index (κ2) is 5.55. The smallest absolute Gasteiger partial charge is 0.0457 e. The average Bonchev–Trinajstić information content (AvgIpc) is 2.79. The first-order valence-electron chi connectivity index (χ1n) is 6.53. The summed E-state index contributed by atoms with van der Waals surface area (Å²) in [5.41, 5.74) is 2.61. The second-order valence-electron chi connectivity index (χ2n) is 5.39. The maximum Gasteiger partial charge on any atom is 0.0457 e. The molecule has 1 heterocycles. The first kappa shape index (κ1) is 13.1. The first-order valence-corrected chi connectivity index (χ1v) is 6.53. The highest BCUT2D eigenvalue weighted by molar-refractivity contribution is 5.84. The SMILES string of the molecule is CC(C)(CNCCCO)c1c[nH]c2ccccc12. The van der Waals surface area contributed by atoms with E-state index in [1.165, 1.54) is 16.5 Å². The normalized spacial score (nSPS) is 12.2. The lowest BCUT2D eigenvalue weighted by molar-refractivity contribution is 0.284. The molecular formula is C15H22N2O. The number of para-hydroxylation sites is 1. The molecule has 0 radical (unpaired) electrons. The molecule has 0 unspecified atom stereocenters. The molecule has 0 saturated heterocycles. The number of rotatable bonds is 6. The Morgan fingerprint density at radius 3 is 2.83 bits per heavy atom. The fraction of sp³-hybridized carbons (Fsp3) is 0.467. The number of hydrogen-bond donors (Lipinski definition) is 3. The standard InChI is InChI=1S/C15H22N2O/c1-15(2,11-16-8-5-9-18)13-10-17-14-7-4-3-6-12(13)14/h3-4,6-7,10,16-18H,5,8-9,11H2,1-2H3. The zero-order valence-electron chi connectivity index (χ0n) is 11.2. The zero-order chi connectivity index (χ0) is 13.0. The number of benzene rings is 1. The molecule has 0 aliphatic heterocycles. The minimum Gasteiger partial charge on any atom is -0.396 e. The van der Waals surface area contributed by atoms with Gasteiger partial charge in [-0.2, -0.15) is 0 Å². The van der Waals surface area contributed by atoms with E-state index >= 15 is 0 Å². The molecule has 0 bridgehead atoms. The van der Waals surface area contributed by atoms with Crippen molar-refractivity contribution in [3.63, 3.8) is 0 Å². The van der Waals surface area contributed by atoms with Crippen LogP contribution in [0.4, 0.5) is 0 Å². The van der Waals surface area contributed by atoms with E-state index in [0.29, 0.717) is 0 Å². The molecule has 1 aromatic carbocycles. The van der Waals surface area contributed by atoms with E-state index in [0.717, 1.165) is 19.5 Å². The van der Waals surface area contributed by atoms with Crippen LogP contribution < -0.4 is 5.32 Å². The van der Waals surface area contributed by atoms with Crippen LogP contribution in [0.3, 0.4) is 0 Å². The Balaban J connectivity index is 2.13. The number of aromatic nitrogens is 1. The van der Waals surface area contributed by atoms with Crippen LogP contribution in [0.15, 0.2) is 30.5 Å². The lowest BCUT2D eigenvalue weighted by Crippen LogP contribution is -2.33. The minimum atomic E-state index is 0.0784. The molecule has 2 rings (SSSR count). The van der Waals surface area contributed by atoms with Gasteiger partial charge in [-0.1, -0.05) is 32.0 Å². The number of H-pyrrole nitrogens is 1. The van der Waals surface area contributed by atoms with Crippen molar-refractivity contribution >= 4 is 10.9 Å². The molecule has 3 N–H and O–H groups in total. The van der Waals surface area contributed by atoms with Crippen LogP contribution in [0, 0.1) is 0 Å². The van der Waals surface area contributed by atoms with Gasteiger partial charge in [0.1, 0.15) is 0 Å². The van der Waals surface area contributed by atoms with Crippen molar-refractivity contribution in [2.75, 3.05) is 19.7 Å². The van der Waals surface area contributed by atoms with Gasteiger partial charge in [0.05, 0.1) is 0 Å². The maximum atomic E-state index is 8.78. The van der Waals surface area contributed by atoms with Crippen molar-refractivity contribution < 1.29 is 5.11 Å². The van der Waals surface area contributed by atoms with Crippen LogP contribution in [0.25, 0.3) is 10.9 Å². The van der Waals surface area contributed by atoms with E-state index in [2.05, 4.69) is 54.6 Å². The first-order chi connectivity index (χ1) is 8.65. The summed E-state index contributed by atoms with van der Waals surface area (Å²) >= 11 is 0. The van der Waals surface area contributed by atoms with E-state index in [-0.39, 0.29) is 12.0 Å². The molecule has 0 aliphatic carbocycles. The third kappa shape index (κ3) is 2.74. The van der Waals surface area contributed by atoms with Crippen LogP contribution >= 0.6 is 0 Å². The van der Waals surface area contributed by atoms with Gasteiger partial charge >= 0.3 is 0 Å². The fourth-order valence-corrected chi connectivity index (χ4v) is 2.33. The summed E-state index contributed by atoms with van der Waals surface area (Å²) in [6, 6.07) is 8.40. The number of aromatic amines is 1. The van der Waals surface area contributed by atoms with Gasteiger partial charge in [0.25, 0.3) is 0 Å². The Kier molecular flexibility index (Phi) is 4.04. The molecule has 0 atom stereocenters.